The van der Waals surface area contributed by atoms with Crippen LogP contribution in [0.15, 0.2) is 0 Å². The van der Waals surface area contributed by atoms with Gasteiger partial charge in [-0.25, -0.2) is 4.79 Å². The number of rotatable bonds is 4. The number of carbonyl (C=O) groups excluding carboxylic acids is 2. The van der Waals surface area contributed by atoms with Gasteiger partial charge in [0.05, 0.1) is 32.4 Å². The molecular formula is C14H20N2O4S. The van der Waals surface area contributed by atoms with Crippen molar-refractivity contribution in [3.8, 4) is 0 Å². The average molecular weight is 312 g/mol. The molecule has 0 bridgehead atoms. The molecule has 1 N–H and O–H groups in total. The SMILES string of the molecule is COC(=O)c1c(NC(=O)CN2CCOCC2)sc(C)c1C. The Morgan fingerprint density at radius 2 is 2.00 bits per heavy atom. The van der Waals surface area contributed by atoms with E-state index in [4.69, 9.17) is 9.47 Å². The summed E-state index contributed by atoms with van der Waals surface area (Å²) in [6.07, 6.45) is 0. The lowest BCUT2D eigenvalue weighted by Gasteiger charge is -2.25. The van der Waals surface area contributed by atoms with Gasteiger partial charge in [0.15, 0.2) is 0 Å². The van der Waals surface area contributed by atoms with Gasteiger partial charge in [0.2, 0.25) is 5.91 Å². The van der Waals surface area contributed by atoms with Crippen LogP contribution >= 0.6 is 11.3 Å². The fraction of sp³-hybridized carbons (Fsp3) is 0.571. The Bertz CT molecular complexity index is 535. The van der Waals surface area contributed by atoms with Crippen molar-refractivity contribution in [2.45, 2.75) is 13.8 Å². The van der Waals surface area contributed by atoms with Gasteiger partial charge in [-0.15, -0.1) is 11.3 Å². The summed E-state index contributed by atoms with van der Waals surface area (Å²) in [6.45, 7) is 6.88. The van der Waals surface area contributed by atoms with Gasteiger partial charge in [-0.1, -0.05) is 0 Å². The lowest BCUT2D eigenvalue weighted by molar-refractivity contribution is -0.118. The second-order valence-corrected chi connectivity index (χ2v) is 6.14. The molecule has 1 aliphatic heterocycles. The Balaban J connectivity index is 2.06. The Hall–Kier alpha value is -1.44. The van der Waals surface area contributed by atoms with Gasteiger partial charge in [0.25, 0.3) is 0 Å². The number of nitrogens with zero attached hydrogens (tertiary/aromatic N) is 1. The molecule has 0 saturated carbocycles. The molecule has 2 rings (SSSR count). The third-order valence-electron chi connectivity index (χ3n) is 3.50. The monoisotopic (exact) mass is 312 g/mol. The first-order valence-electron chi connectivity index (χ1n) is 6.81. The van der Waals surface area contributed by atoms with Crippen molar-refractivity contribution in [3.63, 3.8) is 0 Å². The van der Waals surface area contributed by atoms with Crippen molar-refractivity contribution in [1.29, 1.82) is 0 Å². The third-order valence-corrected chi connectivity index (χ3v) is 4.62. The van der Waals surface area contributed by atoms with Crippen molar-refractivity contribution in [2.75, 3.05) is 45.3 Å². The number of hydrogen-bond donors (Lipinski definition) is 1. The molecule has 0 unspecified atom stereocenters. The molecular weight excluding hydrogens is 292 g/mol. The van der Waals surface area contributed by atoms with Crippen LogP contribution in [0.3, 0.4) is 0 Å². The van der Waals surface area contributed by atoms with E-state index < -0.39 is 5.97 Å². The molecule has 0 radical (unpaired) electrons. The summed E-state index contributed by atoms with van der Waals surface area (Å²) in [7, 11) is 1.34. The van der Waals surface area contributed by atoms with Gasteiger partial charge < -0.3 is 14.8 Å². The van der Waals surface area contributed by atoms with E-state index in [1.807, 2.05) is 18.7 Å². The number of thiophene rings is 1. The van der Waals surface area contributed by atoms with Gasteiger partial charge in [-0.2, -0.15) is 0 Å². The minimum atomic E-state index is -0.418. The highest BCUT2D eigenvalue weighted by atomic mass is 32.1. The van der Waals surface area contributed by atoms with Crippen molar-refractivity contribution >= 4 is 28.2 Å². The van der Waals surface area contributed by atoms with Gasteiger partial charge in [0, 0.05) is 18.0 Å². The van der Waals surface area contributed by atoms with E-state index in [0.717, 1.165) is 23.5 Å². The van der Waals surface area contributed by atoms with Crippen LogP contribution in [0.4, 0.5) is 5.00 Å². The maximum Gasteiger partial charge on any atom is 0.341 e. The van der Waals surface area contributed by atoms with Crippen molar-refractivity contribution < 1.29 is 19.1 Å². The zero-order valence-electron chi connectivity index (χ0n) is 12.5. The van der Waals surface area contributed by atoms with Crippen LogP contribution in [0.25, 0.3) is 0 Å². The highest BCUT2D eigenvalue weighted by molar-refractivity contribution is 7.16. The van der Waals surface area contributed by atoms with Crippen LogP contribution in [0.1, 0.15) is 20.8 Å². The van der Waals surface area contributed by atoms with Crippen LogP contribution in [-0.2, 0) is 14.3 Å². The zero-order valence-corrected chi connectivity index (χ0v) is 13.3. The molecule has 116 valence electrons. The summed E-state index contributed by atoms with van der Waals surface area (Å²) in [5.41, 5.74) is 1.31. The number of nitrogens with one attached hydrogen (secondary N) is 1. The van der Waals surface area contributed by atoms with E-state index in [-0.39, 0.29) is 5.91 Å². The number of hydrogen-bond acceptors (Lipinski definition) is 6. The number of ether oxygens (including phenoxy) is 2. The second kappa shape index (κ2) is 7.02. The largest absolute Gasteiger partial charge is 0.465 e. The van der Waals surface area contributed by atoms with E-state index in [1.165, 1.54) is 18.4 Å². The molecule has 0 atom stereocenters. The van der Waals surface area contributed by atoms with E-state index in [1.54, 1.807) is 0 Å². The molecule has 6 nitrogen and oxygen atoms in total. The van der Waals surface area contributed by atoms with Gasteiger partial charge in [-0.05, 0) is 19.4 Å². The normalized spacial score (nSPS) is 15.8. The molecule has 1 aromatic heterocycles. The average Bonchev–Trinajstić information content (AvgIpc) is 2.74. The summed E-state index contributed by atoms with van der Waals surface area (Å²) in [5.74, 6) is -0.540. The number of aryl methyl sites for hydroxylation is 1. The molecule has 1 amide bonds. The van der Waals surface area contributed by atoms with Crippen molar-refractivity contribution in [3.05, 3.63) is 16.0 Å². The molecule has 7 heteroatoms. The quantitative estimate of drug-likeness (QED) is 0.852. The summed E-state index contributed by atoms with van der Waals surface area (Å²) >= 11 is 1.40. The number of amides is 1. The lowest BCUT2D eigenvalue weighted by Crippen LogP contribution is -2.41. The van der Waals surface area contributed by atoms with Gasteiger partial charge in [-0.3, -0.25) is 9.69 Å². The molecule has 2 heterocycles. The third kappa shape index (κ3) is 3.81. The Labute approximate surface area is 128 Å². The number of carbonyl (C=O) groups is 2. The number of anilines is 1. The van der Waals surface area contributed by atoms with Crippen LogP contribution in [0.2, 0.25) is 0 Å². The molecule has 1 aromatic rings. The number of morpholine rings is 1. The number of methoxy groups -OCH3 is 1. The fourth-order valence-electron chi connectivity index (χ4n) is 2.19. The van der Waals surface area contributed by atoms with Gasteiger partial charge in [0.1, 0.15) is 5.00 Å². The Morgan fingerprint density at radius 3 is 2.62 bits per heavy atom. The number of esters is 1. The topological polar surface area (TPSA) is 67.9 Å². The first-order valence-corrected chi connectivity index (χ1v) is 7.62. The van der Waals surface area contributed by atoms with E-state index in [2.05, 4.69) is 5.32 Å². The first kappa shape index (κ1) is 15.9. The van der Waals surface area contributed by atoms with Crippen LogP contribution in [-0.4, -0.2) is 56.7 Å². The minimum Gasteiger partial charge on any atom is -0.465 e. The molecule has 0 aromatic carbocycles. The molecule has 1 aliphatic rings. The van der Waals surface area contributed by atoms with Crippen molar-refractivity contribution in [1.82, 2.24) is 4.90 Å². The first-order chi connectivity index (χ1) is 10.0. The molecule has 1 fully saturated rings. The minimum absolute atomic E-state index is 0.122. The zero-order chi connectivity index (χ0) is 15.4. The molecule has 0 spiro atoms. The standard InChI is InChI=1S/C14H20N2O4S/c1-9-10(2)21-13(12(9)14(18)19-3)15-11(17)8-16-4-6-20-7-5-16/h4-8H2,1-3H3,(H,15,17). The van der Waals surface area contributed by atoms with Crippen molar-refractivity contribution in [2.24, 2.45) is 0 Å². The van der Waals surface area contributed by atoms with E-state index >= 15 is 0 Å². The van der Waals surface area contributed by atoms with Crippen LogP contribution in [0.5, 0.6) is 0 Å². The highest BCUT2D eigenvalue weighted by Crippen LogP contribution is 2.32. The van der Waals surface area contributed by atoms with E-state index in [0.29, 0.717) is 30.3 Å². The second-order valence-electron chi connectivity index (χ2n) is 4.92. The summed E-state index contributed by atoms with van der Waals surface area (Å²) < 4.78 is 10.0. The van der Waals surface area contributed by atoms with E-state index in [9.17, 15) is 9.59 Å². The lowest BCUT2D eigenvalue weighted by atomic mass is 10.1. The maximum absolute atomic E-state index is 12.1. The Morgan fingerprint density at radius 1 is 1.33 bits per heavy atom. The van der Waals surface area contributed by atoms with Gasteiger partial charge >= 0.3 is 5.97 Å². The maximum atomic E-state index is 12.1. The summed E-state index contributed by atoms with van der Waals surface area (Å²) in [5, 5.41) is 3.40. The summed E-state index contributed by atoms with van der Waals surface area (Å²) in [6, 6.07) is 0. The summed E-state index contributed by atoms with van der Waals surface area (Å²) in [4.78, 5) is 27.0. The fourth-order valence-corrected chi connectivity index (χ4v) is 3.26. The predicted octanol–water partition coefficient (Wildman–Crippen LogP) is 1.42. The Kier molecular flexibility index (Phi) is 5.33. The smallest absolute Gasteiger partial charge is 0.341 e. The highest BCUT2D eigenvalue weighted by Gasteiger charge is 2.22. The molecule has 0 aliphatic carbocycles. The van der Waals surface area contributed by atoms with Crippen LogP contribution in [0, 0.1) is 13.8 Å². The molecule has 21 heavy (non-hydrogen) atoms. The predicted molar refractivity (Wildman–Crippen MR) is 81.0 cm³/mol. The molecule has 1 saturated heterocycles. The van der Waals surface area contributed by atoms with Crippen LogP contribution < -0.4 is 5.32 Å².